The van der Waals surface area contributed by atoms with Gasteiger partial charge in [-0.05, 0) is 19.4 Å². The summed E-state index contributed by atoms with van der Waals surface area (Å²) in [4.78, 5) is 47.9. The first kappa shape index (κ1) is 21.1. The quantitative estimate of drug-likeness (QED) is 0.300. The minimum absolute atomic E-state index is 0.0838. The number of carbonyl (C=O) groups is 3. The second kappa shape index (κ2) is 9.50. The molecule has 1 N–H and O–H groups in total. The fraction of sp³-hybridized carbons (Fsp3) is 0.471. The number of amides is 1. The lowest BCUT2D eigenvalue weighted by molar-refractivity contribution is -0.484. The van der Waals surface area contributed by atoms with Gasteiger partial charge in [0.05, 0.1) is 19.1 Å². The molecular weight excluding hydrogens is 344 g/mol. The van der Waals surface area contributed by atoms with Crippen LogP contribution in [0.15, 0.2) is 30.3 Å². The molecule has 0 saturated heterocycles. The Kier molecular flexibility index (Phi) is 7.70. The van der Waals surface area contributed by atoms with Crippen LogP contribution in [0.1, 0.15) is 32.3 Å². The lowest BCUT2D eigenvalue weighted by atomic mass is 9.78. The number of esters is 2. The Morgan fingerprint density at radius 1 is 1.12 bits per heavy atom. The van der Waals surface area contributed by atoms with Crippen molar-refractivity contribution in [1.29, 1.82) is 0 Å². The van der Waals surface area contributed by atoms with E-state index in [2.05, 4.69) is 5.32 Å². The third-order valence-electron chi connectivity index (χ3n) is 3.62. The number of nitrogens with zero attached hydrogens (tertiary/aromatic N) is 1. The molecule has 1 aromatic carbocycles. The summed E-state index contributed by atoms with van der Waals surface area (Å²) in [5, 5.41) is 13.5. The molecule has 0 heterocycles. The van der Waals surface area contributed by atoms with Gasteiger partial charge in [0, 0.05) is 11.8 Å². The van der Waals surface area contributed by atoms with E-state index >= 15 is 0 Å². The van der Waals surface area contributed by atoms with Gasteiger partial charge in [-0.3, -0.25) is 14.9 Å². The van der Waals surface area contributed by atoms with Crippen LogP contribution >= 0.6 is 0 Å². The Morgan fingerprint density at radius 2 is 1.62 bits per heavy atom. The normalized spacial score (nSPS) is 12.0. The van der Waals surface area contributed by atoms with Crippen molar-refractivity contribution in [2.75, 3.05) is 19.8 Å². The second-order valence-electron chi connectivity index (χ2n) is 5.41. The molecule has 0 spiro atoms. The highest BCUT2D eigenvalue weighted by Gasteiger charge is 2.58. The number of hydrogen-bond donors (Lipinski definition) is 1. The highest BCUT2D eigenvalue weighted by atomic mass is 16.6. The largest absolute Gasteiger partial charge is 0.464 e. The van der Waals surface area contributed by atoms with Crippen LogP contribution in [0.5, 0.6) is 0 Å². The van der Waals surface area contributed by atoms with Gasteiger partial charge in [-0.2, -0.15) is 0 Å². The van der Waals surface area contributed by atoms with Crippen LogP contribution < -0.4 is 5.32 Å². The van der Waals surface area contributed by atoms with E-state index in [1.165, 1.54) is 26.0 Å². The summed E-state index contributed by atoms with van der Waals surface area (Å²) in [6.45, 7) is 3.18. The fourth-order valence-electron chi connectivity index (χ4n) is 2.65. The standard InChI is InChI=1S/C17H22N2O7/c1-4-25-15(21)17(18-12(3)20,16(22)26-5-2)14(11-19(23)24)13-9-7-6-8-10-13/h6-10,14H,4-5,11H2,1-3H3,(H,18,20)/t14-/m0/s1. The zero-order valence-corrected chi connectivity index (χ0v) is 14.9. The Labute approximate surface area is 150 Å². The summed E-state index contributed by atoms with van der Waals surface area (Å²) < 4.78 is 9.97. The van der Waals surface area contributed by atoms with Crippen LogP contribution in [0.25, 0.3) is 0 Å². The highest BCUT2D eigenvalue weighted by molar-refractivity contribution is 6.09. The van der Waals surface area contributed by atoms with Gasteiger partial charge in [0.15, 0.2) is 0 Å². The SMILES string of the molecule is CCOC(=O)C(NC(C)=O)(C(=O)OCC)[C@@H](C[N+](=O)[O-])c1ccccc1. The molecule has 1 amide bonds. The smallest absolute Gasteiger partial charge is 0.344 e. The number of hydrogen-bond acceptors (Lipinski definition) is 7. The molecule has 1 rings (SSSR count). The zero-order valence-electron chi connectivity index (χ0n) is 14.9. The van der Waals surface area contributed by atoms with Gasteiger partial charge in [-0.15, -0.1) is 0 Å². The molecule has 0 saturated carbocycles. The van der Waals surface area contributed by atoms with Crippen LogP contribution in [0.2, 0.25) is 0 Å². The molecule has 9 heteroatoms. The Balaban J connectivity index is 3.66. The average molecular weight is 366 g/mol. The number of rotatable bonds is 9. The maximum Gasteiger partial charge on any atom is 0.344 e. The molecule has 0 aliphatic rings. The molecule has 26 heavy (non-hydrogen) atoms. The van der Waals surface area contributed by atoms with E-state index in [-0.39, 0.29) is 13.2 Å². The molecule has 0 aliphatic carbocycles. The van der Waals surface area contributed by atoms with Gasteiger partial charge in [0.2, 0.25) is 18.0 Å². The highest BCUT2D eigenvalue weighted by Crippen LogP contribution is 2.32. The monoisotopic (exact) mass is 366 g/mol. The molecule has 0 aliphatic heterocycles. The van der Waals surface area contributed by atoms with Crippen LogP contribution in [0.3, 0.4) is 0 Å². The molecule has 0 fully saturated rings. The number of carbonyl (C=O) groups excluding carboxylic acids is 3. The maximum absolute atomic E-state index is 12.8. The molecule has 0 bridgehead atoms. The first-order valence-electron chi connectivity index (χ1n) is 8.09. The predicted octanol–water partition coefficient (Wildman–Crippen LogP) is 1.05. The first-order valence-corrected chi connectivity index (χ1v) is 8.09. The maximum atomic E-state index is 12.8. The molecule has 1 atom stereocenters. The van der Waals surface area contributed by atoms with Crippen molar-refractivity contribution in [2.24, 2.45) is 0 Å². The lowest BCUT2D eigenvalue weighted by Crippen LogP contribution is -2.65. The van der Waals surface area contributed by atoms with Crippen molar-refractivity contribution in [2.45, 2.75) is 32.2 Å². The van der Waals surface area contributed by atoms with Crippen molar-refractivity contribution in [3.8, 4) is 0 Å². The molecule has 1 aromatic rings. The zero-order chi connectivity index (χ0) is 19.7. The summed E-state index contributed by atoms with van der Waals surface area (Å²) in [6.07, 6.45) is 0. The minimum Gasteiger partial charge on any atom is -0.464 e. The molecule has 142 valence electrons. The second-order valence-corrected chi connectivity index (χ2v) is 5.41. The summed E-state index contributed by atoms with van der Waals surface area (Å²) in [5.74, 6) is -4.26. The van der Waals surface area contributed by atoms with Gasteiger partial charge in [-0.25, -0.2) is 9.59 Å². The number of nitrogens with one attached hydrogen (secondary N) is 1. The Morgan fingerprint density at radius 3 is 2.00 bits per heavy atom. The van der Waals surface area contributed by atoms with Crippen LogP contribution in [0, 0.1) is 10.1 Å². The van der Waals surface area contributed by atoms with E-state index in [4.69, 9.17) is 9.47 Å². The molecule has 0 unspecified atom stereocenters. The third-order valence-corrected chi connectivity index (χ3v) is 3.62. The summed E-state index contributed by atoms with van der Waals surface area (Å²) >= 11 is 0. The summed E-state index contributed by atoms with van der Waals surface area (Å²) in [7, 11) is 0. The van der Waals surface area contributed by atoms with Crippen molar-refractivity contribution in [1.82, 2.24) is 5.32 Å². The molecular formula is C17H22N2O7. The topological polar surface area (TPSA) is 125 Å². The fourth-order valence-corrected chi connectivity index (χ4v) is 2.65. The number of nitro groups is 1. The van der Waals surface area contributed by atoms with Gasteiger partial charge >= 0.3 is 11.9 Å². The van der Waals surface area contributed by atoms with E-state index in [9.17, 15) is 24.5 Å². The van der Waals surface area contributed by atoms with Crippen LogP contribution in [0.4, 0.5) is 0 Å². The summed E-state index contributed by atoms with van der Waals surface area (Å²) in [6, 6.07) is 7.96. The van der Waals surface area contributed by atoms with E-state index in [1.807, 2.05) is 0 Å². The van der Waals surface area contributed by atoms with Gasteiger partial charge in [0.25, 0.3) is 0 Å². The molecule has 0 radical (unpaired) electrons. The number of ether oxygens (including phenoxy) is 2. The third kappa shape index (κ3) is 4.78. The number of benzene rings is 1. The molecule has 0 aromatic heterocycles. The Hall–Kier alpha value is -2.97. The van der Waals surface area contributed by atoms with E-state index in [0.717, 1.165) is 6.92 Å². The van der Waals surface area contributed by atoms with Crippen molar-refractivity contribution < 1.29 is 28.8 Å². The lowest BCUT2D eigenvalue weighted by Gasteiger charge is -2.34. The van der Waals surface area contributed by atoms with Crippen LogP contribution in [-0.2, 0) is 23.9 Å². The van der Waals surface area contributed by atoms with Crippen molar-refractivity contribution in [3.05, 3.63) is 46.0 Å². The summed E-state index contributed by atoms with van der Waals surface area (Å²) in [5.41, 5.74) is -2.05. The van der Waals surface area contributed by atoms with E-state index in [0.29, 0.717) is 5.56 Å². The van der Waals surface area contributed by atoms with Crippen LogP contribution in [-0.4, -0.2) is 48.1 Å². The average Bonchev–Trinajstić information content (AvgIpc) is 2.58. The van der Waals surface area contributed by atoms with Gasteiger partial charge in [-0.1, -0.05) is 30.3 Å². The molecule has 9 nitrogen and oxygen atoms in total. The van der Waals surface area contributed by atoms with Crippen molar-refractivity contribution in [3.63, 3.8) is 0 Å². The van der Waals surface area contributed by atoms with Gasteiger partial charge in [0.1, 0.15) is 0 Å². The minimum atomic E-state index is -2.37. The van der Waals surface area contributed by atoms with E-state index in [1.54, 1.807) is 18.2 Å². The van der Waals surface area contributed by atoms with Gasteiger partial charge < -0.3 is 14.8 Å². The predicted molar refractivity (Wildman–Crippen MR) is 90.9 cm³/mol. The Bertz CT molecular complexity index is 642. The van der Waals surface area contributed by atoms with E-state index < -0.39 is 40.8 Å². The van der Waals surface area contributed by atoms with Crippen molar-refractivity contribution >= 4 is 17.8 Å². The first-order chi connectivity index (χ1) is 12.3.